The van der Waals surface area contributed by atoms with Crippen molar-refractivity contribution in [2.24, 2.45) is 0 Å². The molecular weight excluding hydrogens is 271 g/mol. The van der Waals surface area contributed by atoms with Crippen molar-refractivity contribution in [3.63, 3.8) is 0 Å². The molecule has 1 aliphatic rings. The number of benzene rings is 1. The van der Waals surface area contributed by atoms with Gasteiger partial charge in [-0.05, 0) is 24.5 Å². The third-order valence-corrected chi connectivity index (χ3v) is 3.73. The molecule has 0 saturated heterocycles. The molecule has 2 amide bonds. The Labute approximate surface area is 124 Å². The Hall–Kier alpha value is -1.91. The van der Waals surface area contributed by atoms with Gasteiger partial charge < -0.3 is 10.6 Å². The standard InChI is InChI=1S/C16H21FN2O2/c17-14-9-5-4-6-12(14)10-15(20)18-11-16(21)19-13-7-2-1-3-8-13/h4-6,9,13H,1-3,7-8,10-11H2,(H,18,20)(H,19,21). The van der Waals surface area contributed by atoms with E-state index >= 15 is 0 Å². The number of hydrogen-bond donors (Lipinski definition) is 2. The highest BCUT2D eigenvalue weighted by molar-refractivity contribution is 5.85. The van der Waals surface area contributed by atoms with E-state index in [-0.39, 0.29) is 30.8 Å². The van der Waals surface area contributed by atoms with Crippen molar-refractivity contribution in [2.75, 3.05) is 6.54 Å². The Bertz CT molecular complexity index is 499. The van der Waals surface area contributed by atoms with Gasteiger partial charge in [0.15, 0.2) is 0 Å². The fourth-order valence-corrected chi connectivity index (χ4v) is 2.58. The normalized spacial score (nSPS) is 15.5. The maximum absolute atomic E-state index is 13.4. The molecule has 0 atom stereocenters. The summed E-state index contributed by atoms with van der Waals surface area (Å²) in [5.41, 5.74) is 0.336. The van der Waals surface area contributed by atoms with Gasteiger partial charge in [-0.15, -0.1) is 0 Å². The van der Waals surface area contributed by atoms with Crippen LogP contribution in [-0.2, 0) is 16.0 Å². The van der Waals surface area contributed by atoms with E-state index in [0.29, 0.717) is 5.56 Å². The molecule has 0 spiro atoms. The molecule has 2 rings (SSSR count). The van der Waals surface area contributed by atoms with Crippen LogP contribution < -0.4 is 10.6 Å². The lowest BCUT2D eigenvalue weighted by atomic mass is 9.95. The Morgan fingerprint density at radius 1 is 1.10 bits per heavy atom. The van der Waals surface area contributed by atoms with E-state index in [2.05, 4.69) is 10.6 Å². The first-order valence-electron chi connectivity index (χ1n) is 7.44. The minimum atomic E-state index is -0.403. The third-order valence-electron chi connectivity index (χ3n) is 3.73. The zero-order valence-electron chi connectivity index (χ0n) is 12.0. The summed E-state index contributed by atoms with van der Waals surface area (Å²) < 4.78 is 13.4. The Morgan fingerprint density at radius 3 is 2.52 bits per heavy atom. The predicted octanol–water partition coefficient (Wildman–Crippen LogP) is 1.93. The second-order valence-corrected chi connectivity index (χ2v) is 5.45. The van der Waals surface area contributed by atoms with Gasteiger partial charge in [-0.25, -0.2) is 4.39 Å². The van der Waals surface area contributed by atoms with E-state index in [9.17, 15) is 14.0 Å². The number of nitrogens with one attached hydrogen (secondary N) is 2. The number of amides is 2. The molecule has 21 heavy (non-hydrogen) atoms. The molecule has 1 fully saturated rings. The largest absolute Gasteiger partial charge is 0.352 e. The van der Waals surface area contributed by atoms with Crippen LogP contribution in [0.15, 0.2) is 24.3 Å². The highest BCUT2D eigenvalue weighted by Crippen LogP contribution is 2.17. The van der Waals surface area contributed by atoms with Gasteiger partial charge in [0.2, 0.25) is 11.8 Å². The van der Waals surface area contributed by atoms with Crippen LogP contribution in [0.4, 0.5) is 4.39 Å². The molecule has 0 radical (unpaired) electrons. The fraction of sp³-hybridized carbons (Fsp3) is 0.500. The molecule has 1 saturated carbocycles. The van der Waals surface area contributed by atoms with Gasteiger partial charge in [0.25, 0.3) is 0 Å². The maximum Gasteiger partial charge on any atom is 0.239 e. The van der Waals surface area contributed by atoms with Crippen molar-refractivity contribution in [1.82, 2.24) is 10.6 Å². The van der Waals surface area contributed by atoms with Crippen LogP contribution in [0.25, 0.3) is 0 Å². The highest BCUT2D eigenvalue weighted by atomic mass is 19.1. The zero-order valence-corrected chi connectivity index (χ0v) is 12.0. The highest BCUT2D eigenvalue weighted by Gasteiger charge is 2.16. The average Bonchev–Trinajstić information content (AvgIpc) is 2.49. The Kier molecular flexibility index (Phi) is 5.72. The van der Waals surface area contributed by atoms with E-state index in [1.807, 2.05) is 0 Å². The summed E-state index contributed by atoms with van der Waals surface area (Å²) in [6.07, 6.45) is 5.48. The first kappa shape index (κ1) is 15.5. The van der Waals surface area contributed by atoms with Crippen molar-refractivity contribution in [3.8, 4) is 0 Å². The number of carbonyl (C=O) groups excluding carboxylic acids is 2. The van der Waals surface area contributed by atoms with Crippen LogP contribution >= 0.6 is 0 Å². The van der Waals surface area contributed by atoms with Crippen LogP contribution in [0.5, 0.6) is 0 Å². The summed E-state index contributed by atoms with van der Waals surface area (Å²) in [6.45, 7) is -0.0518. The van der Waals surface area contributed by atoms with Gasteiger partial charge in [-0.3, -0.25) is 9.59 Å². The summed E-state index contributed by atoms with van der Waals surface area (Å²) in [5.74, 6) is -0.929. The molecule has 2 N–H and O–H groups in total. The first-order valence-corrected chi connectivity index (χ1v) is 7.44. The number of halogens is 1. The van der Waals surface area contributed by atoms with Gasteiger partial charge >= 0.3 is 0 Å². The molecule has 1 aromatic carbocycles. The van der Waals surface area contributed by atoms with Crippen LogP contribution in [-0.4, -0.2) is 24.4 Å². The quantitative estimate of drug-likeness (QED) is 0.871. The van der Waals surface area contributed by atoms with Gasteiger partial charge in [-0.1, -0.05) is 37.5 Å². The lowest BCUT2D eigenvalue weighted by Gasteiger charge is -2.22. The molecule has 1 aliphatic carbocycles. The molecule has 1 aromatic rings. The Balaban J connectivity index is 1.71. The van der Waals surface area contributed by atoms with Gasteiger partial charge in [-0.2, -0.15) is 0 Å². The van der Waals surface area contributed by atoms with Crippen LogP contribution in [0, 0.1) is 5.82 Å². The van der Waals surface area contributed by atoms with Gasteiger partial charge in [0.05, 0.1) is 13.0 Å². The second kappa shape index (κ2) is 7.76. The van der Waals surface area contributed by atoms with Crippen LogP contribution in [0.1, 0.15) is 37.7 Å². The zero-order chi connectivity index (χ0) is 15.1. The van der Waals surface area contributed by atoms with Crippen LogP contribution in [0.2, 0.25) is 0 Å². The molecular formula is C16H21FN2O2. The summed E-state index contributed by atoms with van der Waals surface area (Å²) in [6, 6.07) is 6.38. The first-order chi connectivity index (χ1) is 10.1. The van der Waals surface area contributed by atoms with Crippen molar-refractivity contribution in [1.29, 1.82) is 0 Å². The molecule has 0 aliphatic heterocycles. The van der Waals surface area contributed by atoms with E-state index in [4.69, 9.17) is 0 Å². The SMILES string of the molecule is O=C(Cc1ccccc1F)NCC(=O)NC1CCCCC1. The smallest absolute Gasteiger partial charge is 0.239 e. The summed E-state index contributed by atoms with van der Waals surface area (Å²) in [5, 5.41) is 5.45. The number of hydrogen-bond acceptors (Lipinski definition) is 2. The topological polar surface area (TPSA) is 58.2 Å². The molecule has 0 aromatic heterocycles. The second-order valence-electron chi connectivity index (χ2n) is 5.45. The van der Waals surface area contributed by atoms with Crippen molar-refractivity contribution >= 4 is 11.8 Å². The summed E-state index contributed by atoms with van der Waals surface area (Å²) in [7, 11) is 0. The maximum atomic E-state index is 13.4. The van der Waals surface area contributed by atoms with E-state index < -0.39 is 5.82 Å². The molecule has 5 heteroatoms. The minimum Gasteiger partial charge on any atom is -0.352 e. The predicted molar refractivity (Wildman–Crippen MR) is 78.1 cm³/mol. The van der Waals surface area contributed by atoms with E-state index in [1.165, 1.54) is 12.5 Å². The number of carbonyl (C=O) groups is 2. The van der Waals surface area contributed by atoms with Crippen molar-refractivity contribution < 1.29 is 14.0 Å². The fourth-order valence-electron chi connectivity index (χ4n) is 2.58. The molecule has 0 unspecified atom stereocenters. The van der Waals surface area contributed by atoms with E-state index in [0.717, 1.165) is 25.7 Å². The third kappa shape index (κ3) is 5.17. The van der Waals surface area contributed by atoms with Crippen molar-refractivity contribution in [3.05, 3.63) is 35.6 Å². The van der Waals surface area contributed by atoms with Crippen LogP contribution in [0.3, 0.4) is 0 Å². The van der Waals surface area contributed by atoms with Gasteiger partial charge in [0, 0.05) is 6.04 Å². The average molecular weight is 292 g/mol. The molecule has 4 nitrogen and oxygen atoms in total. The number of rotatable bonds is 5. The molecule has 114 valence electrons. The lowest BCUT2D eigenvalue weighted by Crippen LogP contribution is -2.43. The minimum absolute atomic E-state index is 0.0518. The monoisotopic (exact) mass is 292 g/mol. The Morgan fingerprint density at radius 2 is 1.81 bits per heavy atom. The molecule has 0 heterocycles. The van der Waals surface area contributed by atoms with Crippen molar-refractivity contribution in [2.45, 2.75) is 44.6 Å². The lowest BCUT2D eigenvalue weighted by molar-refractivity contribution is -0.126. The van der Waals surface area contributed by atoms with E-state index in [1.54, 1.807) is 18.2 Å². The summed E-state index contributed by atoms with van der Waals surface area (Å²) in [4.78, 5) is 23.4. The molecule has 0 bridgehead atoms. The summed E-state index contributed by atoms with van der Waals surface area (Å²) >= 11 is 0. The van der Waals surface area contributed by atoms with Gasteiger partial charge in [0.1, 0.15) is 5.82 Å².